The van der Waals surface area contributed by atoms with Gasteiger partial charge in [0.2, 0.25) is 5.54 Å². The predicted octanol–water partition coefficient (Wildman–Crippen LogP) is 3.52. The number of nitrogens with zero attached hydrogens (tertiary/aromatic N) is 1. The van der Waals surface area contributed by atoms with E-state index in [0.717, 1.165) is 17.4 Å². The van der Waals surface area contributed by atoms with Crippen LogP contribution in [-0.4, -0.2) is 23.1 Å². The molecule has 3 amide bonds. The maximum atomic E-state index is 14.7. The van der Waals surface area contributed by atoms with Gasteiger partial charge in [-0.05, 0) is 25.0 Å². The number of amides is 3. The average molecular weight is 438 g/mol. The number of rotatable bonds is 3. The van der Waals surface area contributed by atoms with Crippen LogP contribution in [0.3, 0.4) is 0 Å². The Morgan fingerprint density at radius 3 is 2.77 bits per heavy atom. The number of halogens is 4. The zero-order chi connectivity index (χ0) is 21.5. The first-order valence-electron chi connectivity index (χ1n) is 8.89. The second kappa shape index (κ2) is 7.28. The van der Waals surface area contributed by atoms with E-state index in [-0.39, 0.29) is 28.7 Å². The molecule has 0 bridgehead atoms. The van der Waals surface area contributed by atoms with Crippen molar-refractivity contribution >= 4 is 29.0 Å². The molecule has 11 heteroatoms. The highest BCUT2D eigenvalue weighted by molar-refractivity contribution is 7.11. The zero-order valence-corrected chi connectivity index (χ0v) is 16.0. The Hall–Kier alpha value is -3.13. The van der Waals surface area contributed by atoms with Crippen molar-refractivity contribution in [1.29, 1.82) is 0 Å². The third-order valence-electron chi connectivity index (χ3n) is 4.67. The van der Waals surface area contributed by atoms with E-state index in [1.807, 2.05) is 5.32 Å². The highest BCUT2D eigenvalue weighted by atomic mass is 32.1. The van der Waals surface area contributed by atoms with Gasteiger partial charge in [0.15, 0.2) is 5.01 Å². The molecule has 6 nitrogen and oxygen atoms in total. The van der Waals surface area contributed by atoms with Crippen molar-refractivity contribution < 1.29 is 27.2 Å². The first-order valence-corrected chi connectivity index (χ1v) is 9.77. The molecule has 1 saturated carbocycles. The lowest BCUT2D eigenvalue weighted by Gasteiger charge is -2.37. The van der Waals surface area contributed by atoms with Crippen LogP contribution in [0.1, 0.15) is 33.8 Å². The first-order chi connectivity index (χ1) is 14.2. The van der Waals surface area contributed by atoms with E-state index in [4.69, 9.17) is 0 Å². The minimum atomic E-state index is -4.98. The second-order valence-corrected chi connectivity index (χ2v) is 7.77. The van der Waals surface area contributed by atoms with Gasteiger partial charge in [-0.2, -0.15) is 13.2 Å². The quantitative estimate of drug-likeness (QED) is 0.507. The number of nitrogens with one attached hydrogen (secondary N) is 3. The van der Waals surface area contributed by atoms with Gasteiger partial charge in [0.05, 0.1) is 0 Å². The molecule has 1 aromatic heterocycles. The number of anilines is 1. The van der Waals surface area contributed by atoms with E-state index >= 15 is 0 Å². The lowest BCUT2D eigenvalue weighted by atomic mass is 9.85. The molecular formula is C19H14F4N4O2S. The number of fused-ring (bicyclic) bond motifs is 1. The third kappa shape index (κ3) is 3.70. The van der Waals surface area contributed by atoms with Gasteiger partial charge in [-0.25, -0.2) is 14.2 Å². The standard InChI is InChI=1S/C19H14F4N4O2S/c20-13-8-12-14(7-11(13)9-25-15(28)16-24-5-6-30-16)26-17(29)27-18(12,19(21,22)23)4-3-10-1-2-10/h5-8,10H,1-2,9H2,(H,25,28)(H2,26,27,29)/t18-/m0/s1. The van der Waals surface area contributed by atoms with Gasteiger partial charge >= 0.3 is 12.2 Å². The Balaban J connectivity index is 1.70. The lowest BCUT2D eigenvalue weighted by Crippen LogP contribution is -2.59. The second-order valence-electron chi connectivity index (χ2n) is 6.88. The molecule has 1 aliphatic heterocycles. The molecule has 30 heavy (non-hydrogen) atoms. The van der Waals surface area contributed by atoms with Crippen LogP contribution in [-0.2, 0) is 12.1 Å². The average Bonchev–Trinajstić information content (AvgIpc) is 3.34. The van der Waals surface area contributed by atoms with E-state index in [9.17, 15) is 27.2 Å². The van der Waals surface area contributed by atoms with Crippen LogP contribution < -0.4 is 16.0 Å². The Labute approximate surface area is 172 Å². The summed E-state index contributed by atoms with van der Waals surface area (Å²) < 4.78 is 56.8. The molecule has 2 heterocycles. The molecular weight excluding hydrogens is 424 g/mol. The van der Waals surface area contributed by atoms with E-state index < -0.39 is 35.0 Å². The summed E-state index contributed by atoms with van der Waals surface area (Å²) in [4.78, 5) is 27.8. The molecule has 0 unspecified atom stereocenters. The number of aromatic nitrogens is 1. The summed E-state index contributed by atoms with van der Waals surface area (Å²) in [6.45, 7) is -0.298. The smallest absolute Gasteiger partial charge is 0.346 e. The Kier molecular flexibility index (Phi) is 4.89. The molecule has 0 radical (unpaired) electrons. The summed E-state index contributed by atoms with van der Waals surface area (Å²) in [6, 6.07) is 0.668. The van der Waals surface area contributed by atoms with Gasteiger partial charge in [0.25, 0.3) is 5.91 Å². The summed E-state index contributed by atoms with van der Waals surface area (Å²) >= 11 is 1.09. The maximum absolute atomic E-state index is 14.7. The number of hydrogen-bond acceptors (Lipinski definition) is 4. The number of hydrogen-bond donors (Lipinski definition) is 3. The summed E-state index contributed by atoms with van der Waals surface area (Å²) in [7, 11) is 0. The van der Waals surface area contributed by atoms with Crippen LogP contribution in [0.2, 0.25) is 0 Å². The van der Waals surface area contributed by atoms with Crippen molar-refractivity contribution in [1.82, 2.24) is 15.6 Å². The molecule has 1 aromatic carbocycles. The van der Waals surface area contributed by atoms with Crippen LogP contribution in [0.4, 0.5) is 28.0 Å². The summed E-state index contributed by atoms with van der Waals surface area (Å²) in [5.74, 6) is 3.00. The van der Waals surface area contributed by atoms with E-state index in [2.05, 4.69) is 27.5 Å². The van der Waals surface area contributed by atoms with Crippen LogP contribution in [0.5, 0.6) is 0 Å². The van der Waals surface area contributed by atoms with E-state index in [1.165, 1.54) is 6.20 Å². The number of alkyl halides is 3. The van der Waals surface area contributed by atoms with Crippen LogP contribution in [0, 0.1) is 23.6 Å². The van der Waals surface area contributed by atoms with Crippen LogP contribution in [0.15, 0.2) is 23.7 Å². The van der Waals surface area contributed by atoms with Crippen molar-refractivity contribution in [3.05, 3.63) is 45.7 Å². The van der Waals surface area contributed by atoms with Crippen molar-refractivity contribution in [2.75, 3.05) is 5.32 Å². The fourth-order valence-electron chi connectivity index (χ4n) is 2.98. The van der Waals surface area contributed by atoms with E-state index in [0.29, 0.717) is 18.9 Å². The highest BCUT2D eigenvalue weighted by Gasteiger charge is 2.59. The number of urea groups is 1. The molecule has 3 N–H and O–H groups in total. The number of carbonyl (C=O) groups excluding carboxylic acids is 2. The zero-order valence-electron chi connectivity index (χ0n) is 15.2. The van der Waals surface area contributed by atoms with Gasteiger partial charge in [0, 0.05) is 40.9 Å². The molecule has 0 saturated heterocycles. The third-order valence-corrected chi connectivity index (χ3v) is 5.44. The van der Waals surface area contributed by atoms with Gasteiger partial charge in [-0.15, -0.1) is 11.3 Å². The minimum Gasteiger partial charge on any atom is -0.346 e. The van der Waals surface area contributed by atoms with Crippen LogP contribution in [0.25, 0.3) is 0 Å². The summed E-state index contributed by atoms with van der Waals surface area (Å²) in [5, 5.41) is 8.31. The maximum Gasteiger partial charge on any atom is 0.427 e. The molecule has 2 aromatic rings. The normalized spacial score (nSPS) is 20.3. The lowest BCUT2D eigenvalue weighted by molar-refractivity contribution is -0.178. The highest BCUT2D eigenvalue weighted by Crippen LogP contribution is 2.45. The van der Waals surface area contributed by atoms with Crippen LogP contribution >= 0.6 is 11.3 Å². The Bertz CT molecular complexity index is 1070. The molecule has 0 spiro atoms. The van der Waals surface area contributed by atoms with Crippen molar-refractivity contribution in [2.45, 2.75) is 31.1 Å². The molecule has 1 aliphatic carbocycles. The number of carbonyl (C=O) groups is 2. The minimum absolute atomic E-state index is 0.0907. The fraction of sp³-hybridized carbons (Fsp3) is 0.316. The van der Waals surface area contributed by atoms with E-state index in [1.54, 1.807) is 5.38 Å². The SMILES string of the molecule is O=C1Nc2cc(CNC(=O)c3nccs3)c(F)cc2[C@@](C#CC2CC2)(C(F)(F)F)N1. The van der Waals surface area contributed by atoms with Crippen molar-refractivity contribution in [3.63, 3.8) is 0 Å². The van der Waals surface area contributed by atoms with Gasteiger partial charge < -0.3 is 16.0 Å². The van der Waals surface area contributed by atoms with Gasteiger partial charge in [0.1, 0.15) is 5.82 Å². The molecule has 2 aliphatic rings. The summed E-state index contributed by atoms with van der Waals surface area (Å²) in [5.41, 5.74) is -3.86. The topological polar surface area (TPSA) is 83.1 Å². The summed E-state index contributed by atoms with van der Waals surface area (Å²) in [6.07, 6.45) is -2.17. The molecule has 156 valence electrons. The monoisotopic (exact) mass is 438 g/mol. The van der Waals surface area contributed by atoms with Gasteiger partial charge in [-0.1, -0.05) is 11.8 Å². The Morgan fingerprint density at radius 2 is 2.13 bits per heavy atom. The predicted molar refractivity (Wildman–Crippen MR) is 100 cm³/mol. The molecule has 1 fully saturated rings. The first kappa shape index (κ1) is 20.2. The number of thiazole rings is 1. The number of benzene rings is 1. The van der Waals surface area contributed by atoms with Crippen molar-refractivity contribution in [3.8, 4) is 11.8 Å². The van der Waals surface area contributed by atoms with Gasteiger partial charge in [-0.3, -0.25) is 4.79 Å². The molecule has 4 rings (SSSR count). The fourth-order valence-corrected chi connectivity index (χ4v) is 3.53. The Morgan fingerprint density at radius 1 is 1.37 bits per heavy atom. The van der Waals surface area contributed by atoms with Crippen molar-refractivity contribution in [2.24, 2.45) is 5.92 Å². The largest absolute Gasteiger partial charge is 0.427 e. The molecule has 1 atom stereocenters.